The van der Waals surface area contributed by atoms with Crippen molar-refractivity contribution in [3.63, 3.8) is 0 Å². The number of carbonyl (C=O) groups excluding carboxylic acids is 2. The largest absolute Gasteiger partial charge is 0.393 e. The first kappa shape index (κ1) is 18.7. The number of benzene rings is 1. The van der Waals surface area contributed by atoms with Crippen LogP contribution < -0.4 is 0 Å². The predicted molar refractivity (Wildman–Crippen MR) is 97.1 cm³/mol. The molecular weight excluding hydrogens is 332 g/mol. The Hall–Kier alpha value is -2.08. The Labute approximate surface area is 153 Å². The van der Waals surface area contributed by atoms with E-state index in [0.29, 0.717) is 54.6 Å². The summed E-state index contributed by atoms with van der Waals surface area (Å²) in [5, 5.41) is 10.2. The van der Waals surface area contributed by atoms with E-state index >= 15 is 0 Å². The van der Waals surface area contributed by atoms with E-state index in [4.69, 9.17) is 9.47 Å². The first-order valence-corrected chi connectivity index (χ1v) is 9.08. The number of rotatable bonds is 4. The highest BCUT2D eigenvalue weighted by Gasteiger charge is 2.32. The predicted octanol–water partition coefficient (Wildman–Crippen LogP) is 3.23. The maximum Gasteiger partial charge on any atom is 0.194 e. The van der Waals surface area contributed by atoms with Gasteiger partial charge in [0.2, 0.25) is 0 Å². The lowest BCUT2D eigenvalue weighted by atomic mass is 9.80. The van der Waals surface area contributed by atoms with Crippen LogP contribution in [0.5, 0.6) is 0 Å². The lowest BCUT2D eigenvalue weighted by Gasteiger charge is -2.24. The van der Waals surface area contributed by atoms with E-state index in [0.717, 1.165) is 0 Å². The monoisotopic (exact) mass is 356 g/mol. The average molecular weight is 356 g/mol. The summed E-state index contributed by atoms with van der Waals surface area (Å²) >= 11 is 0. The van der Waals surface area contributed by atoms with Gasteiger partial charge in [0.25, 0.3) is 0 Å². The van der Waals surface area contributed by atoms with E-state index in [1.807, 2.05) is 6.92 Å². The van der Waals surface area contributed by atoms with E-state index in [1.54, 1.807) is 36.4 Å². The fourth-order valence-corrected chi connectivity index (χ4v) is 3.37. The Morgan fingerprint density at radius 1 is 1.08 bits per heavy atom. The molecule has 0 bridgehead atoms. The van der Waals surface area contributed by atoms with Crippen LogP contribution in [0.15, 0.2) is 47.6 Å². The molecule has 1 aromatic rings. The minimum Gasteiger partial charge on any atom is -0.393 e. The molecule has 0 amide bonds. The van der Waals surface area contributed by atoms with E-state index in [2.05, 4.69) is 0 Å². The molecule has 0 heterocycles. The zero-order valence-corrected chi connectivity index (χ0v) is 14.9. The van der Waals surface area contributed by atoms with Crippen LogP contribution >= 0.6 is 0 Å². The van der Waals surface area contributed by atoms with Crippen molar-refractivity contribution in [2.75, 3.05) is 13.4 Å². The zero-order chi connectivity index (χ0) is 18.5. The lowest BCUT2D eigenvalue weighted by molar-refractivity contribution is -0.0959. The molecule has 0 saturated heterocycles. The van der Waals surface area contributed by atoms with Crippen molar-refractivity contribution in [1.29, 1.82) is 0 Å². The van der Waals surface area contributed by atoms with Crippen molar-refractivity contribution in [2.24, 2.45) is 0 Å². The minimum atomic E-state index is -0.518. The summed E-state index contributed by atoms with van der Waals surface area (Å²) in [6, 6.07) is 6.92. The second-order valence-corrected chi connectivity index (χ2v) is 6.54. The van der Waals surface area contributed by atoms with Gasteiger partial charge >= 0.3 is 0 Å². The smallest absolute Gasteiger partial charge is 0.194 e. The first-order chi connectivity index (χ1) is 12.6. The molecule has 0 radical (unpaired) electrons. The summed E-state index contributed by atoms with van der Waals surface area (Å²) in [5.74, 6) is -0.260. The molecule has 2 aliphatic carbocycles. The Bertz CT molecular complexity index is 747. The van der Waals surface area contributed by atoms with Gasteiger partial charge in [0.15, 0.2) is 11.6 Å². The molecule has 0 saturated carbocycles. The van der Waals surface area contributed by atoms with Crippen LogP contribution in [-0.2, 0) is 9.47 Å². The van der Waals surface area contributed by atoms with Crippen LogP contribution in [0, 0.1) is 0 Å². The number of ketones is 2. The summed E-state index contributed by atoms with van der Waals surface area (Å²) in [6.07, 6.45) is 4.75. The van der Waals surface area contributed by atoms with E-state index in [-0.39, 0.29) is 24.5 Å². The van der Waals surface area contributed by atoms with Crippen LogP contribution in [0.25, 0.3) is 0 Å². The third-order valence-corrected chi connectivity index (χ3v) is 4.76. The van der Waals surface area contributed by atoms with Crippen molar-refractivity contribution in [3.8, 4) is 0 Å². The number of aliphatic hydroxyl groups excluding tert-OH is 1. The standard InChI is InChI=1S/C21H24O5/c1-2-25-13-26-15-10-11-19-18(9-5-6-14(22)12-15)20(23)16-7-3-4-8-17(16)21(19)24/h3-4,7-9,11,14-15,22H,2,5-6,10,12-13H2,1H3/t14-,15+/m0/s1. The molecule has 0 aliphatic heterocycles. The van der Waals surface area contributed by atoms with Gasteiger partial charge in [-0.25, -0.2) is 0 Å². The Kier molecular flexibility index (Phi) is 6.14. The van der Waals surface area contributed by atoms with Crippen molar-refractivity contribution < 1.29 is 24.2 Å². The first-order valence-electron chi connectivity index (χ1n) is 9.08. The number of allylic oxidation sites excluding steroid dienone is 3. The van der Waals surface area contributed by atoms with E-state index < -0.39 is 6.10 Å². The maximum absolute atomic E-state index is 12.9. The number of aliphatic hydroxyl groups is 1. The highest BCUT2D eigenvalue weighted by atomic mass is 16.7. The number of hydrogen-bond acceptors (Lipinski definition) is 5. The van der Waals surface area contributed by atoms with Gasteiger partial charge in [-0.15, -0.1) is 0 Å². The molecule has 3 rings (SSSR count). The van der Waals surface area contributed by atoms with Crippen LogP contribution in [-0.4, -0.2) is 42.3 Å². The second kappa shape index (κ2) is 8.54. The highest BCUT2D eigenvalue weighted by Crippen LogP contribution is 2.31. The van der Waals surface area contributed by atoms with Gasteiger partial charge in [-0.3, -0.25) is 9.59 Å². The number of ether oxygens (including phenoxy) is 2. The average Bonchev–Trinajstić information content (AvgIpc) is 2.65. The molecule has 5 nitrogen and oxygen atoms in total. The molecular formula is C21H24O5. The molecule has 2 atom stereocenters. The second-order valence-electron chi connectivity index (χ2n) is 6.54. The molecule has 138 valence electrons. The van der Waals surface area contributed by atoms with Gasteiger partial charge in [-0.05, 0) is 32.6 Å². The summed E-state index contributed by atoms with van der Waals surface area (Å²) in [5.41, 5.74) is 1.77. The minimum absolute atomic E-state index is 0.129. The fourth-order valence-electron chi connectivity index (χ4n) is 3.37. The Morgan fingerprint density at radius 3 is 2.38 bits per heavy atom. The molecule has 1 N–H and O–H groups in total. The summed E-state index contributed by atoms with van der Waals surface area (Å²) < 4.78 is 10.9. The summed E-state index contributed by atoms with van der Waals surface area (Å²) in [6.45, 7) is 2.58. The summed E-state index contributed by atoms with van der Waals surface area (Å²) in [4.78, 5) is 25.8. The molecule has 5 heteroatoms. The third kappa shape index (κ3) is 4.01. The Morgan fingerprint density at radius 2 is 1.73 bits per heavy atom. The molecule has 0 aromatic heterocycles. The van der Waals surface area contributed by atoms with Gasteiger partial charge < -0.3 is 14.6 Å². The fraction of sp³-hybridized carbons (Fsp3) is 0.429. The van der Waals surface area contributed by atoms with Crippen LogP contribution in [0.2, 0.25) is 0 Å². The van der Waals surface area contributed by atoms with Gasteiger partial charge in [-0.1, -0.05) is 36.4 Å². The molecule has 0 spiro atoms. The summed E-state index contributed by atoms with van der Waals surface area (Å²) in [7, 11) is 0. The van der Waals surface area contributed by atoms with Crippen molar-refractivity contribution in [2.45, 2.75) is 44.8 Å². The number of carbonyl (C=O) groups is 2. The van der Waals surface area contributed by atoms with Crippen molar-refractivity contribution in [3.05, 3.63) is 58.7 Å². The molecule has 0 unspecified atom stereocenters. The molecule has 1 aromatic carbocycles. The zero-order valence-electron chi connectivity index (χ0n) is 14.9. The van der Waals surface area contributed by atoms with Gasteiger partial charge in [-0.2, -0.15) is 0 Å². The molecule has 2 aliphatic rings. The number of Topliss-reactive ketones (excluding diaryl/α,β-unsaturated/α-hetero) is 2. The SMILES string of the molecule is CCOCO[C@@H]1CC=C2C(=O)c3ccccc3C(=O)C2=CCC[C@H](O)C1. The van der Waals surface area contributed by atoms with Crippen LogP contribution in [0.1, 0.15) is 53.3 Å². The van der Waals surface area contributed by atoms with Crippen molar-refractivity contribution >= 4 is 11.6 Å². The number of hydrogen-bond donors (Lipinski definition) is 1. The van der Waals surface area contributed by atoms with Crippen LogP contribution in [0.3, 0.4) is 0 Å². The normalized spacial score (nSPS) is 23.6. The maximum atomic E-state index is 12.9. The van der Waals surface area contributed by atoms with Gasteiger partial charge in [0.1, 0.15) is 6.79 Å². The van der Waals surface area contributed by atoms with E-state index in [9.17, 15) is 14.7 Å². The highest BCUT2D eigenvalue weighted by molar-refractivity contribution is 6.31. The van der Waals surface area contributed by atoms with Gasteiger partial charge in [0, 0.05) is 28.9 Å². The van der Waals surface area contributed by atoms with Crippen molar-refractivity contribution in [1.82, 2.24) is 0 Å². The topological polar surface area (TPSA) is 72.8 Å². The Balaban J connectivity index is 1.93. The van der Waals surface area contributed by atoms with Crippen LogP contribution in [0.4, 0.5) is 0 Å². The van der Waals surface area contributed by atoms with Gasteiger partial charge in [0.05, 0.1) is 12.2 Å². The third-order valence-electron chi connectivity index (χ3n) is 4.76. The van der Waals surface area contributed by atoms with E-state index in [1.165, 1.54) is 0 Å². The molecule has 26 heavy (non-hydrogen) atoms. The number of fused-ring (bicyclic) bond motifs is 2. The molecule has 0 fully saturated rings. The lowest BCUT2D eigenvalue weighted by Crippen LogP contribution is -2.26. The quantitative estimate of drug-likeness (QED) is 0.662.